The number of ether oxygens (including phenoxy) is 2. The molecule has 1 aromatic heterocycles. The summed E-state index contributed by atoms with van der Waals surface area (Å²) in [7, 11) is 0. The second kappa shape index (κ2) is 7.40. The molecule has 0 radical (unpaired) electrons. The second-order valence-electron chi connectivity index (χ2n) is 4.65. The Morgan fingerprint density at radius 2 is 2.00 bits per heavy atom. The highest BCUT2D eigenvalue weighted by Crippen LogP contribution is 2.26. The maximum Gasteiger partial charge on any atom is 0.338 e. The number of esters is 1. The van der Waals surface area contributed by atoms with Gasteiger partial charge in [0.15, 0.2) is 0 Å². The summed E-state index contributed by atoms with van der Waals surface area (Å²) in [6, 6.07) is 7.91. The van der Waals surface area contributed by atoms with Crippen LogP contribution < -0.4 is 4.74 Å². The van der Waals surface area contributed by atoms with Crippen molar-refractivity contribution in [2.75, 3.05) is 6.61 Å². The van der Waals surface area contributed by atoms with Gasteiger partial charge in [-0.25, -0.2) is 14.6 Å². The molecule has 0 unspecified atom stereocenters. The molecule has 1 aromatic carbocycles. The SMILES string of the molecule is CCOC(=O)c1cccc(Oc2nccc(C(=O)O)c2CC)c1. The fourth-order valence-corrected chi connectivity index (χ4v) is 2.12. The average Bonchev–Trinajstić information content (AvgIpc) is 2.55. The third-order valence-electron chi connectivity index (χ3n) is 3.16. The van der Waals surface area contributed by atoms with Gasteiger partial charge in [-0.05, 0) is 37.6 Å². The molecule has 1 heterocycles. The van der Waals surface area contributed by atoms with E-state index < -0.39 is 11.9 Å². The Hall–Kier alpha value is -2.89. The third kappa shape index (κ3) is 3.85. The van der Waals surface area contributed by atoms with Crippen molar-refractivity contribution < 1.29 is 24.2 Å². The molecular formula is C17H17NO5. The average molecular weight is 315 g/mol. The van der Waals surface area contributed by atoms with Crippen LogP contribution in [0.25, 0.3) is 0 Å². The van der Waals surface area contributed by atoms with E-state index in [1.807, 2.05) is 6.92 Å². The lowest BCUT2D eigenvalue weighted by Crippen LogP contribution is -2.06. The molecule has 6 heteroatoms. The molecule has 2 rings (SSSR count). The Labute approximate surface area is 133 Å². The van der Waals surface area contributed by atoms with E-state index in [1.165, 1.54) is 18.3 Å². The molecule has 0 aliphatic carbocycles. The highest BCUT2D eigenvalue weighted by molar-refractivity contribution is 5.90. The Balaban J connectivity index is 2.33. The van der Waals surface area contributed by atoms with Crippen molar-refractivity contribution in [2.45, 2.75) is 20.3 Å². The molecule has 0 amide bonds. The van der Waals surface area contributed by atoms with Gasteiger partial charge in [-0.3, -0.25) is 0 Å². The largest absolute Gasteiger partial charge is 0.478 e. The van der Waals surface area contributed by atoms with Crippen molar-refractivity contribution in [3.05, 3.63) is 53.2 Å². The molecule has 120 valence electrons. The normalized spacial score (nSPS) is 10.2. The fourth-order valence-electron chi connectivity index (χ4n) is 2.12. The number of carbonyl (C=O) groups is 2. The van der Waals surface area contributed by atoms with E-state index in [0.717, 1.165) is 0 Å². The maximum atomic E-state index is 11.7. The van der Waals surface area contributed by atoms with E-state index in [-0.39, 0.29) is 18.1 Å². The predicted octanol–water partition coefficient (Wildman–Crippen LogP) is 3.31. The van der Waals surface area contributed by atoms with Gasteiger partial charge in [-0.15, -0.1) is 0 Å². The van der Waals surface area contributed by atoms with E-state index in [2.05, 4.69) is 4.98 Å². The first-order valence-corrected chi connectivity index (χ1v) is 7.23. The predicted molar refractivity (Wildman–Crippen MR) is 83.0 cm³/mol. The monoisotopic (exact) mass is 315 g/mol. The summed E-state index contributed by atoms with van der Waals surface area (Å²) in [6.45, 7) is 3.84. The van der Waals surface area contributed by atoms with Gasteiger partial charge in [0.2, 0.25) is 5.88 Å². The van der Waals surface area contributed by atoms with Crippen LogP contribution >= 0.6 is 0 Å². The minimum absolute atomic E-state index is 0.152. The number of aromatic nitrogens is 1. The van der Waals surface area contributed by atoms with Crippen LogP contribution in [0.5, 0.6) is 11.6 Å². The molecule has 0 saturated heterocycles. The Morgan fingerprint density at radius 1 is 1.22 bits per heavy atom. The van der Waals surface area contributed by atoms with Crippen LogP contribution in [0.2, 0.25) is 0 Å². The summed E-state index contributed by atoms with van der Waals surface area (Å²) in [5, 5.41) is 9.22. The lowest BCUT2D eigenvalue weighted by Gasteiger charge is -2.11. The van der Waals surface area contributed by atoms with E-state index in [0.29, 0.717) is 23.3 Å². The van der Waals surface area contributed by atoms with Crippen LogP contribution in [0.4, 0.5) is 0 Å². The number of hydrogen-bond acceptors (Lipinski definition) is 5. The topological polar surface area (TPSA) is 85.7 Å². The lowest BCUT2D eigenvalue weighted by molar-refractivity contribution is 0.0525. The second-order valence-corrected chi connectivity index (χ2v) is 4.65. The summed E-state index contributed by atoms with van der Waals surface area (Å²) in [4.78, 5) is 27.1. The zero-order valence-electron chi connectivity index (χ0n) is 12.9. The highest BCUT2D eigenvalue weighted by Gasteiger charge is 2.16. The lowest BCUT2D eigenvalue weighted by atomic mass is 10.1. The number of rotatable bonds is 6. The summed E-state index contributed by atoms with van der Waals surface area (Å²) in [5.41, 5.74) is 1.01. The number of benzene rings is 1. The van der Waals surface area contributed by atoms with Gasteiger partial charge < -0.3 is 14.6 Å². The minimum atomic E-state index is -1.03. The number of aromatic carboxylic acids is 1. The molecule has 0 bridgehead atoms. The van der Waals surface area contributed by atoms with Crippen LogP contribution in [0.3, 0.4) is 0 Å². The van der Waals surface area contributed by atoms with Gasteiger partial charge >= 0.3 is 11.9 Å². The van der Waals surface area contributed by atoms with Crippen LogP contribution in [-0.4, -0.2) is 28.6 Å². The van der Waals surface area contributed by atoms with Crippen molar-refractivity contribution in [3.8, 4) is 11.6 Å². The molecular weight excluding hydrogens is 298 g/mol. The number of carboxylic acids is 1. The maximum absolute atomic E-state index is 11.7. The highest BCUT2D eigenvalue weighted by atomic mass is 16.5. The summed E-state index contributed by atoms with van der Waals surface area (Å²) in [5.74, 6) is -0.871. The van der Waals surface area contributed by atoms with Gasteiger partial charge in [0.1, 0.15) is 5.75 Å². The molecule has 6 nitrogen and oxygen atoms in total. The molecule has 23 heavy (non-hydrogen) atoms. The van der Waals surface area contributed by atoms with E-state index in [1.54, 1.807) is 25.1 Å². The number of hydrogen-bond donors (Lipinski definition) is 1. The fraction of sp³-hybridized carbons (Fsp3) is 0.235. The van der Waals surface area contributed by atoms with Crippen molar-refractivity contribution in [3.63, 3.8) is 0 Å². The van der Waals surface area contributed by atoms with Crippen LogP contribution in [0, 0.1) is 0 Å². The smallest absolute Gasteiger partial charge is 0.338 e. The van der Waals surface area contributed by atoms with Crippen molar-refractivity contribution in [2.24, 2.45) is 0 Å². The number of carbonyl (C=O) groups excluding carboxylic acids is 1. The Morgan fingerprint density at radius 3 is 2.65 bits per heavy atom. The number of nitrogens with zero attached hydrogens (tertiary/aromatic N) is 1. The summed E-state index contributed by atoms with van der Waals surface area (Å²) >= 11 is 0. The van der Waals surface area contributed by atoms with Gasteiger partial charge in [0, 0.05) is 11.8 Å². The van der Waals surface area contributed by atoms with Gasteiger partial charge in [-0.2, -0.15) is 0 Å². The number of carboxylic acid groups (broad SMARTS) is 1. The molecule has 0 atom stereocenters. The third-order valence-corrected chi connectivity index (χ3v) is 3.16. The molecule has 1 N–H and O–H groups in total. The Kier molecular flexibility index (Phi) is 5.30. The van der Waals surface area contributed by atoms with Crippen LogP contribution in [0.1, 0.15) is 40.1 Å². The minimum Gasteiger partial charge on any atom is -0.478 e. The van der Waals surface area contributed by atoms with Crippen molar-refractivity contribution >= 4 is 11.9 Å². The van der Waals surface area contributed by atoms with Crippen molar-refractivity contribution in [1.29, 1.82) is 0 Å². The first-order chi connectivity index (χ1) is 11.1. The molecule has 2 aromatic rings. The van der Waals surface area contributed by atoms with E-state index >= 15 is 0 Å². The molecule has 0 fully saturated rings. The molecule has 0 spiro atoms. The molecule has 0 aliphatic rings. The zero-order valence-corrected chi connectivity index (χ0v) is 12.9. The van der Waals surface area contributed by atoms with E-state index in [4.69, 9.17) is 9.47 Å². The number of pyridine rings is 1. The van der Waals surface area contributed by atoms with E-state index in [9.17, 15) is 14.7 Å². The van der Waals surface area contributed by atoms with Crippen LogP contribution in [0.15, 0.2) is 36.5 Å². The molecule has 0 saturated carbocycles. The Bertz CT molecular complexity index is 727. The standard InChI is InChI=1S/C17H17NO5/c1-3-13-14(16(19)20)8-9-18-15(13)23-12-7-5-6-11(10-12)17(21)22-4-2/h5-10H,3-4H2,1-2H3,(H,19,20). The molecule has 0 aliphatic heterocycles. The summed E-state index contributed by atoms with van der Waals surface area (Å²) < 4.78 is 10.6. The van der Waals surface area contributed by atoms with Gasteiger partial charge in [-0.1, -0.05) is 13.0 Å². The first-order valence-electron chi connectivity index (χ1n) is 7.23. The zero-order chi connectivity index (χ0) is 16.8. The summed E-state index contributed by atoms with van der Waals surface area (Å²) in [6.07, 6.45) is 1.84. The van der Waals surface area contributed by atoms with Crippen molar-refractivity contribution in [1.82, 2.24) is 4.98 Å². The first kappa shape index (κ1) is 16.5. The van der Waals surface area contributed by atoms with Crippen LogP contribution in [-0.2, 0) is 11.2 Å². The van der Waals surface area contributed by atoms with Gasteiger partial charge in [0.25, 0.3) is 0 Å². The quantitative estimate of drug-likeness (QED) is 0.823. The van der Waals surface area contributed by atoms with Gasteiger partial charge in [0.05, 0.1) is 17.7 Å².